The summed E-state index contributed by atoms with van der Waals surface area (Å²) < 4.78 is 22.7. The van der Waals surface area contributed by atoms with E-state index in [0.29, 0.717) is 18.9 Å². The van der Waals surface area contributed by atoms with Gasteiger partial charge < -0.3 is 29.6 Å². The van der Waals surface area contributed by atoms with Gasteiger partial charge in [0, 0.05) is 29.5 Å². The summed E-state index contributed by atoms with van der Waals surface area (Å²) >= 11 is 0.765. The number of esters is 1. The first-order valence-electron chi connectivity index (χ1n) is 12.7. The fourth-order valence-corrected chi connectivity index (χ4v) is 3.90. The number of carbonyl (C=O) groups is 3. The third-order valence-corrected chi connectivity index (χ3v) is 6.18. The van der Waals surface area contributed by atoms with Crippen molar-refractivity contribution < 1.29 is 33.3 Å². The number of rotatable bonds is 16. The average molecular weight is 555 g/mol. The van der Waals surface area contributed by atoms with Gasteiger partial charge in [0.05, 0.1) is 24.4 Å². The molecule has 1 unspecified atom stereocenters. The highest BCUT2D eigenvalue weighted by atomic mass is 32.2. The molecule has 0 bridgehead atoms. The number of ether oxygens (including phenoxy) is 4. The molecule has 3 N–H and O–H groups in total. The van der Waals surface area contributed by atoms with Crippen LogP contribution < -0.4 is 20.7 Å². The minimum atomic E-state index is -0.729. The van der Waals surface area contributed by atoms with Crippen LogP contribution in [-0.2, 0) is 25.4 Å². The van der Waals surface area contributed by atoms with Crippen molar-refractivity contribution in [1.29, 1.82) is 0 Å². The predicted molar refractivity (Wildman–Crippen MR) is 143 cm³/mol. The Balaban J connectivity index is 1.47. The molecule has 1 fully saturated rings. The van der Waals surface area contributed by atoms with Crippen LogP contribution in [0.3, 0.4) is 0 Å². The lowest BCUT2D eigenvalue weighted by Crippen LogP contribution is -2.33. The largest absolute Gasteiger partial charge is 0.493 e. The Morgan fingerprint density at radius 3 is 2.71 bits per heavy atom. The van der Waals surface area contributed by atoms with Gasteiger partial charge in [0.15, 0.2) is 6.73 Å². The van der Waals surface area contributed by atoms with E-state index in [1.54, 1.807) is 13.8 Å². The van der Waals surface area contributed by atoms with Gasteiger partial charge in [-0.25, -0.2) is 9.59 Å². The molecule has 2 rings (SSSR count). The van der Waals surface area contributed by atoms with Gasteiger partial charge in [0.25, 0.3) is 0 Å². The predicted octanol–water partition coefficient (Wildman–Crippen LogP) is 3.53. The summed E-state index contributed by atoms with van der Waals surface area (Å²) in [5.41, 5.74) is 1.25. The first kappa shape index (κ1) is 31.2. The zero-order valence-corrected chi connectivity index (χ0v) is 22.8. The van der Waals surface area contributed by atoms with Crippen molar-refractivity contribution in [2.75, 3.05) is 46.2 Å². The second-order valence-corrected chi connectivity index (χ2v) is 10.9. The van der Waals surface area contributed by atoms with E-state index in [1.165, 1.54) is 18.4 Å². The van der Waals surface area contributed by atoms with Crippen LogP contribution in [0.5, 0.6) is 5.75 Å². The number of alkyl carbamates (subject to hydrolysis) is 2. The van der Waals surface area contributed by atoms with Gasteiger partial charge >= 0.3 is 18.2 Å². The van der Waals surface area contributed by atoms with E-state index in [9.17, 15) is 19.3 Å². The van der Waals surface area contributed by atoms with E-state index in [0.717, 1.165) is 37.2 Å². The molecule has 0 radical (unpaired) electrons. The van der Waals surface area contributed by atoms with Crippen LogP contribution in [0.15, 0.2) is 28.8 Å². The molecular formula is C25H38N4O8S. The summed E-state index contributed by atoms with van der Waals surface area (Å²) in [6.45, 7) is 5.72. The highest BCUT2D eigenvalue weighted by Crippen LogP contribution is 2.25. The molecular weight excluding hydrogens is 516 g/mol. The fourth-order valence-electron chi connectivity index (χ4n) is 3.59. The maximum absolute atomic E-state index is 11.7. The molecule has 13 heteroatoms. The number of nitrogens with zero attached hydrogens (tertiary/aromatic N) is 1. The van der Waals surface area contributed by atoms with Crippen molar-refractivity contribution in [1.82, 2.24) is 16.0 Å². The summed E-state index contributed by atoms with van der Waals surface area (Å²) in [7, 11) is 0. The van der Waals surface area contributed by atoms with Crippen LogP contribution >= 0.6 is 11.9 Å². The molecule has 1 aliphatic heterocycles. The van der Waals surface area contributed by atoms with E-state index in [-0.39, 0.29) is 32.9 Å². The second-order valence-electron chi connectivity index (χ2n) is 9.42. The Morgan fingerprint density at radius 2 is 1.95 bits per heavy atom. The molecule has 2 amide bonds. The number of amides is 2. The number of piperidine rings is 1. The van der Waals surface area contributed by atoms with Gasteiger partial charge in [-0.2, -0.15) is 0 Å². The lowest BCUT2D eigenvalue weighted by atomic mass is 9.92. The summed E-state index contributed by atoms with van der Waals surface area (Å²) in [4.78, 5) is 45.3. The molecule has 0 aromatic heterocycles. The summed E-state index contributed by atoms with van der Waals surface area (Å²) in [5.74, 6) is 0.826. The zero-order valence-electron chi connectivity index (χ0n) is 22.0. The molecule has 1 heterocycles. The third kappa shape index (κ3) is 14.0. The number of nitroso groups, excluding NO2 is 1. The zero-order chi connectivity index (χ0) is 27.6. The molecule has 12 nitrogen and oxygen atoms in total. The van der Waals surface area contributed by atoms with Crippen LogP contribution in [0.4, 0.5) is 9.59 Å². The lowest BCUT2D eigenvalue weighted by Gasteiger charge is -2.22. The number of benzene rings is 1. The Labute approximate surface area is 227 Å². The summed E-state index contributed by atoms with van der Waals surface area (Å²) in [6.07, 6.45) is 2.44. The second kappa shape index (κ2) is 17.4. The molecule has 0 saturated carbocycles. The molecule has 1 saturated heterocycles. The van der Waals surface area contributed by atoms with E-state index in [2.05, 4.69) is 32.7 Å². The van der Waals surface area contributed by atoms with Crippen LogP contribution in [0.1, 0.15) is 45.1 Å². The van der Waals surface area contributed by atoms with Gasteiger partial charge in [-0.1, -0.05) is 12.1 Å². The van der Waals surface area contributed by atoms with Gasteiger partial charge in [0.1, 0.15) is 12.4 Å². The smallest absolute Gasteiger partial charge is 0.409 e. The average Bonchev–Trinajstić information content (AvgIpc) is 2.88. The highest BCUT2D eigenvalue weighted by molar-refractivity contribution is 7.99. The van der Waals surface area contributed by atoms with E-state index < -0.39 is 22.9 Å². The van der Waals surface area contributed by atoms with Crippen molar-refractivity contribution in [3.05, 3.63) is 34.7 Å². The quantitative estimate of drug-likeness (QED) is 0.0690. The Morgan fingerprint density at radius 1 is 1.13 bits per heavy atom. The number of hydrogen-bond acceptors (Lipinski definition) is 11. The van der Waals surface area contributed by atoms with Gasteiger partial charge in [-0.15, -0.1) is 4.91 Å². The van der Waals surface area contributed by atoms with Crippen molar-refractivity contribution in [2.45, 2.75) is 50.7 Å². The third-order valence-electron chi connectivity index (χ3n) is 5.50. The molecule has 1 atom stereocenters. The maximum Gasteiger partial charge on any atom is 0.409 e. The van der Waals surface area contributed by atoms with Gasteiger partial charge in [0.2, 0.25) is 0 Å². The number of nitrogens with one attached hydrogen (secondary N) is 3. The lowest BCUT2D eigenvalue weighted by molar-refractivity contribution is -0.144. The molecule has 38 heavy (non-hydrogen) atoms. The van der Waals surface area contributed by atoms with Crippen molar-refractivity contribution in [3.63, 3.8) is 0 Å². The Hall–Kier alpha value is -3.06. The van der Waals surface area contributed by atoms with Crippen molar-refractivity contribution in [2.24, 2.45) is 10.5 Å². The monoisotopic (exact) mass is 554 g/mol. The minimum Gasteiger partial charge on any atom is -0.493 e. The normalized spacial score (nSPS) is 15.2. The number of carbonyl (C=O) groups excluding carboxylic acids is 3. The minimum absolute atomic E-state index is 0.0116. The van der Waals surface area contributed by atoms with Gasteiger partial charge in [-0.05, 0) is 69.8 Å². The van der Waals surface area contributed by atoms with Crippen LogP contribution in [0.2, 0.25) is 0 Å². The molecule has 1 aromatic carbocycles. The first-order chi connectivity index (χ1) is 18.3. The van der Waals surface area contributed by atoms with Crippen LogP contribution in [0.25, 0.3) is 0 Å². The first-order valence-corrected chi connectivity index (χ1v) is 13.4. The van der Waals surface area contributed by atoms with E-state index >= 15 is 0 Å². The summed E-state index contributed by atoms with van der Waals surface area (Å²) in [5, 5.41) is 8.15. The number of hydrogen-bond donors (Lipinski definition) is 3. The van der Waals surface area contributed by atoms with E-state index in [1.807, 2.05) is 12.1 Å². The van der Waals surface area contributed by atoms with Gasteiger partial charge in [-0.3, -0.25) is 10.1 Å². The molecule has 0 spiro atoms. The van der Waals surface area contributed by atoms with Crippen molar-refractivity contribution in [3.8, 4) is 5.75 Å². The standard InChI is InChI=1S/C25H38N4O8S/c1-25(2,38-29-33)17-36-23(31)27-11-9-22(30)37-18-28-24(32)35-13-5-12-34-21-8-3-6-19(15-21)14-20-7-4-10-26-16-20/h3,6,8,15,20,26H,4-5,7,9-14,16-18H2,1-2H3,(H,27,31)(H,28,32). The highest BCUT2D eigenvalue weighted by Gasteiger charge is 2.22. The molecule has 1 aliphatic rings. The van der Waals surface area contributed by atoms with Crippen molar-refractivity contribution >= 4 is 30.1 Å². The molecule has 212 valence electrons. The maximum atomic E-state index is 11.7. The van der Waals surface area contributed by atoms with Crippen LogP contribution in [0, 0.1) is 10.8 Å². The SMILES string of the molecule is CC(C)(COC(=O)NCCC(=O)OCNC(=O)OCCCOc1cccc(CC2CCCNC2)c1)SN=O. The Bertz CT molecular complexity index is 896. The Kier molecular flexibility index (Phi) is 14.3. The van der Waals surface area contributed by atoms with E-state index in [4.69, 9.17) is 18.9 Å². The fraction of sp³-hybridized carbons (Fsp3) is 0.640. The molecule has 0 aliphatic carbocycles. The van der Waals surface area contributed by atoms with Crippen LogP contribution in [-0.4, -0.2) is 69.1 Å². The molecule has 1 aromatic rings. The summed E-state index contributed by atoms with van der Waals surface area (Å²) in [6, 6.07) is 8.08. The topological polar surface area (TPSA) is 154 Å².